The summed E-state index contributed by atoms with van der Waals surface area (Å²) in [5, 5.41) is 9.20. The summed E-state index contributed by atoms with van der Waals surface area (Å²) in [6.07, 6.45) is 0.170. The van der Waals surface area contributed by atoms with E-state index in [0.717, 1.165) is 11.0 Å². The number of carbonyl (C=O) groups excluding carboxylic acids is 1. The van der Waals surface area contributed by atoms with E-state index in [9.17, 15) is 4.79 Å². The number of amides is 1. The number of carbonyl (C=O) groups is 1. The molecule has 1 aromatic heterocycles. The van der Waals surface area contributed by atoms with E-state index in [1.165, 1.54) is 17.3 Å². The molecule has 1 fully saturated rings. The van der Waals surface area contributed by atoms with Crippen LogP contribution in [-0.2, 0) is 16.1 Å². The standard InChI is InChI=1S/C18H24N4O2S/c1-13-9-21(10-14(2)24-13)17(23)12-25-18-20-19-15(3)22(18)11-16-7-5-4-6-8-16/h4-8,13-14H,9-12H2,1-3H3/t13-,14-/m0/s1. The Morgan fingerprint density at radius 3 is 2.56 bits per heavy atom. The van der Waals surface area contributed by atoms with E-state index in [1.54, 1.807) is 0 Å². The van der Waals surface area contributed by atoms with Crippen molar-refractivity contribution in [1.29, 1.82) is 0 Å². The Morgan fingerprint density at radius 2 is 1.88 bits per heavy atom. The van der Waals surface area contributed by atoms with Gasteiger partial charge in [-0.15, -0.1) is 10.2 Å². The van der Waals surface area contributed by atoms with E-state index in [4.69, 9.17) is 4.74 Å². The Labute approximate surface area is 152 Å². The van der Waals surface area contributed by atoms with Gasteiger partial charge in [0.05, 0.1) is 24.5 Å². The van der Waals surface area contributed by atoms with Crippen molar-refractivity contribution in [2.45, 2.75) is 44.7 Å². The Kier molecular flexibility index (Phi) is 5.75. The fourth-order valence-corrected chi connectivity index (χ4v) is 3.90. The summed E-state index contributed by atoms with van der Waals surface area (Å²) in [4.78, 5) is 14.4. The predicted octanol–water partition coefficient (Wildman–Crippen LogP) is 2.36. The molecule has 0 saturated carbocycles. The van der Waals surface area contributed by atoms with E-state index in [0.29, 0.717) is 25.4 Å². The highest BCUT2D eigenvalue weighted by atomic mass is 32.2. The molecule has 1 aromatic carbocycles. The Morgan fingerprint density at radius 1 is 1.20 bits per heavy atom. The van der Waals surface area contributed by atoms with Crippen LogP contribution in [-0.4, -0.2) is 56.6 Å². The number of hydrogen-bond acceptors (Lipinski definition) is 5. The summed E-state index contributed by atoms with van der Waals surface area (Å²) < 4.78 is 7.74. The number of aromatic nitrogens is 3. The Balaban J connectivity index is 1.63. The van der Waals surface area contributed by atoms with Crippen molar-refractivity contribution in [3.63, 3.8) is 0 Å². The average Bonchev–Trinajstić information content (AvgIpc) is 2.93. The largest absolute Gasteiger partial charge is 0.372 e. The van der Waals surface area contributed by atoms with Crippen LogP contribution in [0.1, 0.15) is 25.2 Å². The molecule has 0 spiro atoms. The summed E-state index contributed by atoms with van der Waals surface area (Å²) in [6, 6.07) is 10.2. The number of benzene rings is 1. The third-order valence-corrected chi connectivity index (χ3v) is 5.13. The molecule has 6 nitrogen and oxygen atoms in total. The summed E-state index contributed by atoms with van der Waals surface area (Å²) in [5.74, 6) is 1.35. The molecular weight excluding hydrogens is 336 g/mol. The lowest BCUT2D eigenvalue weighted by molar-refractivity contribution is -0.140. The van der Waals surface area contributed by atoms with Gasteiger partial charge in [-0.05, 0) is 26.3 Å². The molecule has 2 atom stereocenters. The molecule has 2 aromatic rings. The maximum atomic E-state index is 12.5. The van der Waals surface area contributed by atoms with E-state index in [2.05, 4.69) is 26.9 Å². The molecular formula is C18H24N4O2S. The molecule has 0 unspecified atom stereocenters. The highest BCUT2D eigenvalue weighted by Crippen LogP contribution is 2.20. The van der Waals surface area contributed by atoms with Crippen LogP contribution in [0.2, 0.25) is 0 Å². The summed E-state index contributed by atoms with van der Waals surface area (Å²) in [6.45, 7) is 7.96. The molecule has 1 saturated heterocycles. The van der Waals surface area contributed by atoms with Crippen molar-refractivity contribution >= 4 is 17.7 Å². The molecule has 25 heavy (non-hydrogen) atoms. The molecule has 0 aliphatic carbocycles. The monoisotopic (exact) mass is 360 g/mol. The van der Waals surface area contributed by atoms with Gasteiger partial charge in [-0.25, -0.2) is 0 Å². The minimum Gasteiger partial charge on any atom is -0.372 e. The van der Waals surface area contributed by atoms with Gasteiger partial charge in [-0.2, -0.15) is 0 Å². The maximum Gasteiger partial charge on any atom is 0.233 e. The first-order chi connectivity index (χ1) is 12.0. The van der Waals surface area contributed by atoms with Gasteiger partial charge in [0.25, 0.3) is 0 Å². The van der Waals surface area contributed by atoms with Crippen molar-refractivity contribution in [2.24, 2.45) is 0 Å². The average molecular weight is 360 g/mol. The number of aryl methyl sites for hydroxylation is 1. The number of rotatable bonds is 5. The molecule has 134 valence electrons. The Hall–Kier alpha value is -1.86. The van der Waals surface area contributed by atoms with Crippen LogP contribution in [0.25, 0.3) is 0 Å². The zero-order valence-corrected chi connectivity index (χ0v) is 15.7. The van der Waals surface area contributed by atoms with Crippen LogP contribution in [0.4, 0.5) is 0 Å². The van der Waals surface area contributed by atoms with Gasteiger partial charge < -0.3 is 14.2 Å². The number of morpholine rings is 1. The van der Waals surface area contributed by atoms with Crippen molar-refractivity contribution in [1.82, 2.24) is 19.7 Å². The fourth-order valence-electron chi connectivity index (χ4n) is 3.02. The van der Waals surface area contributed by atoms with E-state index in [1.807, 2.05) is 43.9 Å². The van der Waals surface area contributed by atoms with Crippen LogP contribution in [0.15, 0.2) is 35.5 Å². The van der Waals surface area contributed by atoms with Crippen LogP contribution in [0.5, 0.6) is 0 Å². The van der Waals surface area contributed by atoms with Gasteiger partial charge in [-0.3, -0.25) is 4.79 Å². The van der Waals surface area contributed by atoms with Gasteiger partial charge in [0.1, 0.15) is 5.82 Å². The van der Waals surface area contributed by atoms with E-state index >= 15 is 0 Å². The highest BCUT2D eigenvalue weighted by Gasteiger charge is 2.26. The van der Waals surface area contributed by atoms with Crippen LogP contribution < -0.4 is 0 Å². The predicted molar refractivity (Wildman–Crippen MR) is 97.6 cm³/mol. The van der Waals surface area contributed by atoms with Crippen molar-refractivity contribution in [3.05, 3.63) is 41.7 Å². The SMILES string of the molecule is Cc1nnc(SCC(=O)N2C[C@H](C)O[C@@H](C)C2)n1Cc1ccccc1. The van der Waals surface area contributed by atoms with Crippen LogP contribution in [0.3, 0.4) is 0 Å². The van der Waals surface area contributed by atoms with Gasteiger partial charge >= 0.3 is 0 Å². The number of ether oxygens (including phenoxy) is 1. The van der Waals surface area contributed by atoms with Gasteiger partial charge in [0, 0.05) is 13.1 Å². The number of thioether (sulfide) groups is 1. The third kappa shape index (κ3) is 4.61. The minimum absolute atomic E-state index is 0.0849. The second kappa shape index (κ2) is 8.01. The first-order valence-corrected chi connectivity index (χ1v) is 9.51. The van der Waals surface area contributed by atoms with Crippen LogP contribution in [0, 0.1) is 6.92 Å². The first kappa shape index (κ1) is 17.9. The normalized spacial score (nSPS) is 20.7. The first-order valence-electron chi connectivity index (χ1n) is 8.52. The molecule has 1 aliphatic rings. The smallest absolute Gasteiger partial charge is 0.233 e. The topological polar surface area (TPSA) is 60.3 Å². The maximum absolute atomic E-state index is 12.5. The van der Waals surface area contributed by atoms with Crippen molar-refractivity contribution in [3.8, 4) is 0 Å². The zero-order valence-electron chi connectivity index (χ0n) is 14.9. The lowest BCUT2D eigenvalue weighted by atomic mass is 10.2. The van der Waals surface area contributed by atoms with E-state index in [-0.39, 0.29) is 18.1 Å². The highest BCUT2D eigenvalue weighted by molar-refractivity contribution is 7.99. The van der Waals surface area contributed by atoms with Gasteiger partial charge in [0.2, 0.25) is 5.91 Å². The number of nitrogens with zero attached hydrogens (tertiary/aromatic N) is 4. The molecule has 1 aliphatic heterocycles. The molecule has 0 bridgehead atoms. The summed E-state index contributed by atoms with van der Waals surface area (Å²) >= 11 is 1.45. The second-order valence-corrected chi connectivity index (χ2v) is 7.39. The lowest BCUT2D eigenvalue weighted by Gasteiger charge is -2.35. The quantitative estimate of drug-likeness (QED) is 0.766. The summed E-state index contributed by atoms with van der Waals surface area (Å²) in [5.41, 5.74) is 1.19. The molecule has 0 radical (unpaired) electrons. The molecule has 2 heterocycles. The second-order valence-electron chi connectivity index (χ2n) is 6.45. The van der Waals surface area contributed by atoms with E-state index < -0.39 is 0 Å². The fraction of sp³-hybridized carbons (Fsp3) is 0.500. The third-order valence-electron chi connectivity index (χ3n) is 4.18. The minimum atomic E-state index is 0.0849. The summed E-state index contributed by atoms with van der Waals surface area (Å²) in [7, 11) is 0. The lowest BCUT2D eigenvalue weighted by Crippen LogP contribution is -2.48. The molecule has 7 heteroatoms. The Bertz CT molecular complexity index is 709. The molecule has 3 rings (SSSR count). The van der Waals surface area contributed by atoms with Gasteiger partial charge in [-0.1, -0.05) is 42.1 Å². The van der Waals surface area contributed by atoms with Gasteiger partial charge in [0.15, 0.2) is 5.16 Å². The molecule has 0 N–H and O–H groups in total. The number of hydrogen-bond donors (Lipinski definition) is 0. The molecule has 1 amide bonds. The zero-order chi connectivity index (χ0) is 17.8. The van der Waals surface area contributed by atoms with Crippen molar-refractivity contribution < 1.29 is 9.53 Å². The van der Waals surface area contributed by atoms with Crippen LogP contribution >= 0.6 is 11.8 Å². The van der Waals surface area contributed by atoms with Crippen molar-refractivity contribution in [2.75, 3.05) is 18.8 Å².